The van der Waals surface area contributed by atoms with Crippen LogP contribution in [-0.4, -0.2) is 44.1 Å². The Hall–Kier alpha value is -2.70. The molecule has 1 N–H and O–H groups in total. The maximum atomic E-state index is 12.8. The van der Waals surface area contributed by atoms with Crippen LogP contribution in [0.1, 0.15) is 43.7 Å². The van der Waals surface area contributed by atoms with E-state index in [1.807, 2.05) is 25.2 Å². The van der Waals surface area contributed by atoms with Crippen molar-refractivity contribution in [2.45, 2.75) is 40.3 Å². The SMILES string of the molecule is C[C@H](C(=O)NCC(C)(C)C)N1Cc2ccc(-c3ccnn3C)nc2C1=O. The van der Waals surface area contributed by atoms with Gasteiger partial charge in [0.05, 0.1) is 11.4 Å². The lowest BCUT2D eigenvalue weighted by molar-refractivity contribution is -0.125. The van der Waals surface area contributed by atoms with Gasteiger partial charge in [-0.2, -0.15) is 5.10 Å². The summed E-state index contributed by atoms with van der Waals surface area (Å²) in [5.74, 6) is -0.352. The van der Waals surface area contributed by atoms with Crippen molar-refractivity contribution >= 4 is 11.8 Å². The third kappa shape index (κ3) is 3.47. The number of fused-ring (bicyclic) bond motifs is 1. The van der Waals surface area contributed by atoms with Gasteiger partial charge in [-0.25, -0.2) is 4.98 Å². The standard InChI is InChI=1S/C19H25N5O2/c1-12(17(25)20-11-19(2,3)4)24-10-13-6-7-14(22-16(13)18(24)26)15-8-9-21-23(15)5/h6-9,12H,10-11H2,1-5H3,(H,20,25)/t12-/m1/s1. The zero-order chi connectivity index (χ0) is 19.1. The summed E-state index contributed by atoms with van der Waals surface area (Å²) in [6.07, 6.45) is 1.69. The lowest BCUT2D eigenvalue weighted by Crippen LogP contribution is -2.47. The first kappa shape index (κ1) is 18.1. The van der Waals surface area contributed by atoms with E-state index in [-0.39, 0.29) is 17.2 Å². The number of rotatable bonds is 4. The van der Waals surface area contributed by atoms with Crippen LogP contribution < -0.4 is 5.32 Å². The molecule has 26 heavy (non-hydrogen) atoms. The molecule has 138 valence electrons. The third-order valence-electron chi connectivity index (χ3n) is 4.51. The zero-order valence-electron chi connectivity index (χ0n) is 15.9. The maximum absolute atomic E-state index is 12.8. The summed E-state index contributed by atoms with van der Waals surface area (Å²) in [4.78, 5) is 31.3. The quantitative estimate of drug-likeness (QED) is 0.909. The van der Waals surface area contributed by atoms with Crippen LogP contribution in [0.2, 0.25) is 0 Å². The van der Waals surface area contributed by atoms with Crippen molar-refractivity contribution < 1.29 is 9.59 Å². The van der Waals surface area contributed by atoms with Crippen LogP contribution in [0, 0.1) is 5.41 Å². The van der Waals surface area contributed by atoms with E-state index in [1.165, 1.54) is 0 Å². The summed E-state index contributed by atoms with van der Waals surface area (Å²) in [7, 11) is 1.83. The van der Waals surface area contributed by atoms with E-state index in [2.05, 4.69) is 36.2 Å². The summed E-state index contributed by atoms with van der Waals surface area (Å²) < 4.78 is 1.72. The molecular formula is C19H25N5O2. The molecule has 0 radical (unpaired) electrons. The van der Waals surface area contributed by atoms with Crippen LogP contribution in [0.3, 0.4) is 0 Å². The highest BCUT2D eigenvalue weighted by Crippen LogP contribution is 2.26. The molecule has 3 rings (SSSR count). The van der Waals surface area contributed by atoms with Gasteiger partial charge < -0.3 is 10.2 Å². The summed E-state index contributed by atoms with van der Waals surface area (Å²) in [5, 5.41) is 7.06. The van der Waals surface area contributed by atoms with E-state index in [9.17, 15) is 9.59 Å². The van der Waals surface area contributed by atoms with Gasteiger partial charge in [-0.3, -0.25) is 14.3 Å². The van der Waals surface area contributed by atoms with Crippen molar-refractivity contribution in [2.24, 2.45) is 12.5 Å². The molecule has 0 aliphatic carbocycles. The van der Waals surface area contributed by atoms with Gasteiger partial charge in [0.25, 0.3) is 5.91 Å². The number of hydrogen-bond acceptors (Lipinski definition) is 4. The Balaban J connectivity index is 1.77. The highest BCUT2D eigenvalue weighted by atomic mass is 16.2. The molecule has 2 aromatic rings. The molecular weight excluding hydrogens is 330 g/mol. The highest BCUT2D eigenvalue weighted by molar-refractivity contribution is 5.99. The number of hydrogen-bond donors (Lipinski definition) is 1. The number of nitrogens with one attached hydrogen (secondary N) is 1. The predicted molar refractivity (Wildman–Crippen MR) is 98.2 cm³/mol. The van der Waals surface area contributed by atoms with Gasteiger partial charge in [0, 0.05) is 31.9 Å². The summed E-state index contributed by atoms with van der Waals surface area (Å²) >= 11 is 0. The molecule has 0 saturated heterocycles. The fraction of sp³-hybridized carbons (Fsp3) is 0.474. The molecule has 0 fully saturated rings. The number of aromatic nitrogens is 3. The Bertz CT molecular complexity index is 850. The van der Waals surface area contributed by atoms with E-state index in [0.29, 0.717) is 24.5 Å². The van der Waals surface area contributed by atoms with E-state index in [0.717, 1.165) is 11.3 Å². The lowest BCUT2D eigenvalue weighted by atomic mass is 9.97. The Labute approximate surface area is 153 Å². The number of pyridine rings is 1. The maximum Gasteiger partial charge on any atom is 0.273 e. The Kier molecular flexibility index (Phi) is 4.56. The average Bonchev–Trinajstić information content (AvgIpc) is 3.15. The first-order valence-electron chi connectivity index (χ1n) is 8.74. The molecule has 0 saturated carbocycles. The van der Waals surface area contributed by atoms with Gasteiger partial charge in [0.1, 0.15) is 11.7 Å². The normalized spacial score (nSPS) is 15.1. The minimum Gasteiger partial charge on any atom is -0.354 e. The fourth-order valence-electron chi connectivity index (χ4n) is 2.91. The minimum atomic E-state index is -0.542. The smallest absolute Gasteiger partial charge is 0.273 e. The minimum absolute atomic E-state index is 0.00702. The van der Waals surface area contributed by atoms with Crippen LogP contribution in [0.25, 0.3) is 11.4 Å². The average molecular weight is 355 g/mol. The van der Waals surface area contributed by atoms with Crippen LogP contribution in [0.15, 0.2) is 24.4 Å². The fourth-order valence-corrected chi connectivity index (χ4v) is 2.91. The second-order valence-corrected chi connectivity index (χ2v) is 7.93. The van der Waals surface area contributed by atoms with Gasteiger partial charge in [0.15, 0.2) is 0 Å². The van der Waals surface area contributed by atoms with E-state index in [4.69, 9.17) is 0 Å². The molecule has 7 nitrogen and oxygen atoms in total. The molecule has 0 unspecified atom stereocenters. The zero-order valence-corrected chi connectivity index (χ0v) is 15.9. The molecule has 0 aromatic carbocycles. The van der Waals surface area contributed by atoms with Crippen molar-refractivity contribution in [3.63, 3.8) is 0 Å². The van der Waals surface area contributed by atoms with Gasteiger partial charge in [-0.05, 0) is 24.5 Å². The van der Waals surface area contributed by atoms with Crippen LogP contribution in [0.4, 0.5) is 0 Å². The number of carbonyl (C=O) groups excluding carboxylic acids is 2. The second-order valence-electron chi connectivity index (χ2n) is 7.93. The molecule has 1 aliphatic rings. The lowest BCUT2D eigenvalue weighted by Gasteiger charge is -2.25. The van der Waals surface area contributed by atoms with Gasteiger partial charge in [-0.1, -0.05) is 26.8 Å². The van der Waals surface area contributed by atoms with E-state index >= 15 is 0 Å². The first-order valence-corrected chi connectivity index (χ1v) is 8.74. The summed E-state index contributed by atoms with van der Waals surface area (Å²) in [6.45, 7) is 8.88. The molecule has 0 spiro atoms. The summed E-state index contributed by atoms with van der Waals surface area (Å²) in [5.41, 5.74) is 2.79. The Morgan fingerprint density at radius 1 is 1.31 bits per heavy atom. The number of nitrogens with zero attached hydrogens (tertiary/aromatic N) is 4. The molecule has 7 heteroatoms. The number of aryl methyl sites for hydroxylation is 1. The molecule has 1 atom stereocenters. The molecule has 3 heterocycles. The van der Waals surface area contributed by atoms with Crippen LogP contribution in [0.5, 0.6) is 0 Å². The molecule has 2 aromatic heterocycles. The highest BCUT2D eigenvalue weighted by Gasteiger charge is 2.35. The third-order valence-corrected chi connectivity index (χ3v) is 4.51. The monoisotopic (exact) mass is 355 g/mol. The van der Waals surface area contributed by atoms with Gasteiger partial charge in [-0.15, -0.1) is 0 Å². The molecule has 1 aliphatic heterocycles. The molecule has 0 bridgehead atoms. The van der Waals surface area contributed by atoms with E-state index < -0.39 is 6.04 Å². The molecule has 2 amide bonds. The Morgan fingerprint density at radius 3 is 2.65 bits per heavy atom. The number of amides is 2. The van der Waals surface area contributed by atoms with Crippen molar-refractivity contribution in [1.82, 2.24) is 25.0 Å². The van der Waals surface area contributed by atoms with Gasteiger partial charge >= 0.3 is 0 Å². The van der Waals surface area contributed by atoms with Crippen molar-refractivity contribution in [3.05, 3.63) is 35.7 Å². The predicted octanol–water partition coefficient (Wildman–Crippen LogP) is 1.99. The number of carbonyl (C=O) groups is 2. The van der Waals surface area contributed by atoms with E-state index in [1.54, 1.807) is 22.7 Å². The van der Waals surface area contributed by atoms with Crippen molar-refractivity contribution in [2.75, 3.05) is 6.54 Å². The summed E-state index contributed by atoms with van der Waals surface area (Å²) in [6, 6.07) is 5.10. The van der Waals surface area contributed by atoms with Crippen molar-refractivity contribution in [1.29, 1.82) is 0 Å². The van der Waals surface area contributed by atoms with Crippen LogP contribution >= 0.6 is 0 Å². The van der Waals surface area contributed by atoms with Crippen LogP contribution in [-0.2, 0) is 18.4 Å². The van der Waals surface area contributed by atoms with Crippen molar-refractivity contribution in [3.8, 4) is 11.4 Å². The topological polar surface area (TPSA) is 80.1 Å². The largest absolute Gasteiger partial charge is 0.354 e. The Morgan fingerprint density at radius 2 is 2.04 bits per heavy atom. The second kappa shape index (κ2) is 6.55. The first-order chi connectivity index (χ1) is 12.2. The van der Waals surface area contributed by atoms with Gasteiger partial charge in [0.2, 0.25) is 5.91 Å².